The lowest BCUT2D eigenvalue weighted by Gasteiger charge is -2.25. The van der Waals surface area contributed by atoms with E-state index in [2.05, 4.69) is 17.2 Å². The quantitative estimate of drug-likeness (QED) is 0.760. The summed E-state index contributed by atoms with van der Waals surface area (Å²) in [4.78, 5) is 4.08. The van der Waals surface area contributed by atoms with E-state index in [0.717, 1.165) is 18.5 Å². The Labute approximate surface area is 128 Å². The second-order valence-electron chi connectivity index (χ2n) is 4.93. The van der Waals surface area contributed by atoms with Gasteiger partial charge < -0.3 is 5.32 Å². The van der Waals surface area contributed by atoms with Gasteiger partial charge in [0.15, 0.2) is 5.03 Å². The monoisotopic (exact) mass is 331 g/mol. The largest absolute Gasteiger partial charge is 0.313 e. The number of rotatable bonds is 6. The molecule has 0 radical (unpaired) electrons. The van der Waals surface area contributed by atoms with Crippen molar-refractivity contribution in [3.63, 3.8) is 0 Å². The number of sulfonamides is 1. The normalized spacial score (nSPS) is 18.0. The van der Waals surface area contributed by atoms with E-state index in [1.165, 1.54) is 4.31 Å². The molecule has 0 aliphatic carbocycles. The van der Waals surface area contributed by atoms with Gasteiger partial charge in [0.05, 0.1) is 0 Å². The standard InChI is InChI=1S/C13H21N3O3S2/c1-2-5-14-10-12-3-4-13(15-11-12)21(18,19)16-6-8-20(17)9-7-16/h3-4,11,14H,2,5-10H2,1H3. The Morgan fingerprint density at radius 3 is 2.62 bits per heavy atom. The molecule has 0 bridgehead atoms. The molecule has 0 amide bonds. The van der Waals surface area contributed by atoms with Gasteiger partial charge in [-0.15, -0.1) is 0 Å². The third-order valence-electron chi connectivity index (χ3n) is 3.29. The maximum absolute atomic E-state index is 12.4. The van der Waals surface area contributed by atoms with Crippen molar-refractivity contribution in [3.8, 4) is 0 Å². The van der Waals surface area contributed by atoms with Gasteiger partial charge in [-0.25, -0.2) is 13.4 Å². The van der Waals surface area contributed by atoms with Crippen molar-refractivity contribution in [2.75, 3.05) is 31.1 Å². The molecule has 0 atom stereocenters. The van der Waals surface area contributed by atoms with Crippen LogP contribution in [-0.2, 0) is 27.4 Å². The summed E-state index contributed by atoms with van der Waals surface area (Å²) in [6, 6.07) is 3.33. The third-order valence-corrected chi connectivity index (χ3v) is 6.39. The Hall–Kier alpha value is -0.830. The van der Waals surface area contributed by atoms with Gasteiger partial charge in [-0.05, 0) is 24.6 Å². The molecule has 2 rings (SSSR count). The van der Waals surface area contributed by atoms with E-state index < -0.39 is 20.8 Å². The highest BCUT2D eigenvalue weighted by Gasteiger charge is 2.28. The highest BCUT2D eigenvalue weighted by Crippen LogP contribution is 2.15. The lowest BCUT2D eigenvalue weighted by Crippen LogP contribution is -2.41. The molecule has 0 unspecified atom stereocenters. The van der Waals surface area contributed by atoms with Gasteiger partial charge in [0.1, 0.15) is 0 Å². The number of aromatic nitrogens is 1. The van der Waals surface area contributed by atoms with Crippen LogP contribution < -0.4 is 5.32 Å². The van der Waals surface area contributed by atoms with Crippen molar-refractivity contribution in [2.45, 2.75) is 24.9 Å². The van der Waals surface area contributed by atoms with Gasteiger partial charge in [-0.1, -0.05) is 13.0 Å². The van der Waals surface area contributed by atoms with Crippen LogP contribution in [-0.4, -0.2) is 53.1 Å². The average Bonchev–Trinajstić information content (AvgIpc) is 2.48. The molecule has 1 saturated heterocycles. The molecule has 0 saturated carbocycles. The minimum atomic E-state index is -3.56. The fourth-order valence-corrected chi connectivity index (χ4v) is 4.71. The molecule has 8 heteroatoms. The lowest BCUT2D eigenvalue weighted by molar-refractivity contribution is 0.436. The summed E-state index contributed by atoms with van der Waals surface area (Å²) < 4.78 is 37.5. The van der Waals surface area contributed by atoms with E-state index in [4.69, 9.17) is 0 Å². The van der Waals surface area contributed by atoms with Crippen LogP contribution in [0.3, 0.4) is 0 Å². The van der Waals surface area contributed by atoms with Crippen molar-refractivity contribution in [1.82, 2.24) is 14.6 Å². The Balaban J connectivity index is 2.04. The molecule has 1 aromatic rings. The zero-order chi connectivity index (χ0) is 15.3. The Morgan fingerprint density at radius 2 is 2.05 bits per heavy atom. The van der Waals surface area contributed by atoms with Gasteiger partial charge in [-0.2, -0.15) is 4.31 Å². The third kappa shape index (κ3) is 4.32. The van der Waals surface area contributed by atoms with Crippen LogP contribution in [0.15, 0.2) is 23.4 Å². The van der Waals surface area contributed by atoms with Crippen LogP contribution in [0, 0.1) is 0 Å². The van der Waals surface area contributed by atoms with Crippen LogP contribution >= 0.6 is 0 Å². The van der Waals surface area contributed by atoms with Gasteiger partial charge in [0.2, 0.25) is 0 Å². The van der Waals surface area contributed by atoms with E-state index in [1.54, 1.807) is 18.3 Å². The van der Waals surface area contributed by atoms with E-state index in [0.29, 0.717) is 31.1 Å². The SMILES string of the molecule is CCCNCc1ccc(S(=O)(=O)N2CCS(=O)CC2)nc1. The zero-order valence-corrected chi connectivity index (χ0v) is 13.8. The Morgan fingerprint density at radius 1 is 1.33 bits per heavy atom. The van der Waals surface area contributed by atoms with Crippen LogP contribution in [0.2, 0.25) is 0 Å². The fraction of sp³-hybridized carbons (Fsp3) is 0.615. The van der Waals surface area contributed by atoms with Crippen molar-refractivity contribution < 1.29 is 12.6 Å². The summed E-state index contributed by atoms with van der Waals surface area (Å²) in [6.45, 7) is 4.30. The minimum Gasteiger partial charge on any atom is -0.313 e. The van der Waals surface area contributed by atoms with Crippen molar-refractivity contribution in [3.05, 3.63) is 23.9 Å². The van der Waals surface area contributed by atoms with Crippen LogP contribution in [0.25, 0.3) is 0 Å². The van der Waals surface area contributed by atoms with Gasteiger partial charge in [-0.3, -0.25) is 4.21 Å². The summed E-state index contributed by atoms with van der Waals surface area (Å²) in [5.41, 5.74) is 0.960. The molecule has 6 nitrogen and oxygen atoms in total. The second-order valence-corrected chi connectivity index (χ2v) is 8.51. The van der Waals surface area contributed by atoms with E-state index in [-0.39, 0.29) is 5.03 Å². The molecule has 1 aromatic heterocycles. The topological polar surface area (TPSA) is 79.4 Å². The zero-order valence-electron chi connectivity index (χ0n) is 12.1. The van der Waals surface area contributed by atoms with Gasteiger partial charge in [0, 0.05) is 48.1 Å². The summed E-state index contributed by atoms with van der Waals surface area (Å²) in [7, 11) is -4.46. The van der Waals surface area contributed by atoms with E-state index >= 15 is 0 Å². The predicted molar refractivity (Wildman–Crippen MR) is 82.9 cm³/mol. The number of nitrogens with zero attached hydrogens (tertiary/aromatic N) is 2. The van der Waals surface area contributed by atoms with Gasteiger partial charge in [0.25, 0.3) is 10.0 Å². The molecule has 1 aliphatic rings. The lowest BCUT2D eigenvalue weighted by atomic mass is 10.3. The highest BCUT2D eigenvalue weighted by atomic mass is 32.2. The minimum absolute atomic E-state index is 0.0643. The first kappa shape index (κ1) is 16.5. The first-order chi connectivity index (χ1) is 10.0. The summed E-state index contributed by atoms with van der Waals surface area (Å²) >= 11 is 0. The molecule has 21 heavy (non-hydrogen) atoms. The van der Waals surface area contributed by atoms with Crippen molar-refractivity contribution in [2.24, 2.45) is 0 Å². The summed E-state index contributed by atoms with van der Waals surface area (Å²) in [5.74, 6) is 0.802. The maximum Gasteiger partial charge on any atom is 0.260 e. The maximum atomic E-state index is 12.4. The molecular formula is C13H21N3O3S2. The number of hydrogen-bond acceptors (Lipinski definition) is 5. The second kappa shape index (κ2) is 7.44. The summed E-state index contributed by atoms with van der Waals surface area (Å²) in [6.07, 6.45) is 2.65. The molecule has 1 aliphatic heterocycles. The first-order valence-electron chi connectivity index (χ1n) is 7.05. The molecule has 1 fully saturated rings. The van der Waals surface area contributed by atoms with Crippen LogP contribution in [0.5, 0.6) is 0 Å². The Bertz CT molecular complexity index is 577. The number of nitrogens with one attached hydrogen (secondary N) is 1. The van der Waals surface area contributed by atoms with E-state index in [1.807, 2.05) is 0 Å². The van der Waals surface area contributed by atoms with Crippen LogP contribution in [0.4, 0.5) is 0 Å². The molecule has 0 aromatic carbocycles. The van der Waals surface area contributed by atoms with E-state index in [9.17, 15) is 12.6 Å². The van der Waals surface area contributed by atoms with Crippen LogP contribution in [0.1, 0.15) is 18.9 Å². The van der Waals surface area contributed by atoms with Gasteiger partial charge >= 0.3 is 0 Å². The predicted octanol–water partition coefficient (Wildman–Crippen LogP) is 0.334. The molecular weight excluding hydrogens is 310 g/mol. The molecule has 2 heterocycles. The smallest absolute Gasteiger partial charge is 0.260 e. The highest BCUT2D eigenvalue weighted by molar-refractivity contribution is 7.89. The van der Waals surface area contributed by atoms with Crippen molar-refractivity contribution >= 4 is 20.8 Å². The molecule has 118 valence electrons. The molecule has 0 spiro atoms. The first-order valence-corrected chi connectivity index (χ1v) is 9.97. The fourth-order valence-electron chi connectivity index (χ4n) is 2.07. The van der Waals surface area contributed by atoms with Crippen molar-refractivity contribution in [1.29, 1.82) is 0 Å². The summed E-state index contributed by atoms with van der Waals surface area (Å²) in [5, 5.41) is 3.31. The Kier molecular flexibility index (Phi) is 5.86. The number of hydrogen-bond donors (Lipinski definition) is 1. The number of pyridine rings is 1. The average molecular weight is 331 g/mol. The molecule has 1 N–H and O–H groups in total.